The summed E-state index contributed by atoms with van der Waals surface area (Å²) >= 11 is 0. The molecular formula is C15H23N3O. The Labute approximate surface area is 115 Å². The minimum absolute atomic E-state index is 0.110. The molecule has 0 aromatic heterocycles. The largest absolute Gasteiger partial charge is 0.399 e. The van der Waals surface area contributed by atoms with E-state index < -0.39 is 0 Å². The van der Waals surface area contributed by atoms with Gasteiger partial charge in [0.2, 0.25) is 5.91 Å². The first-order valence-electron chi connectivity index (χ1n) is 6.90. The second-order valence-electron chi connectivity index (χ2n) is 5.47. The molecule has 2 rings (SSSR count). The van der Waals surface area contributed by atoms with Crippen LogP contribution in [0.2, 0.25) is 0 Å². The lowest BCUT2D eigenvalue weighted by molar-refractivity contribution is -0.123. The summed E-state index contributed by atoms with van der Waals surface area (Å²) in [5, 5.41) is 3.16. The Morgan fingerprint density at radius 3 is 2.47 bits per heavy atom. The van der Waals surface area contributed by atoms with E-state index in [2.05, 4.69) is 17.3 Å². The highest BCUT2D eigenvalue weighted by molar-refractivity contribution is 5.83. The summed E-state index contributed by atoms with van der Waals surface area (Å²) in [6.07, 6.45) is 2.08. The Hall–Kier alpha value is -1.55. The van der Waals surface area contributed by atoms with Gasteiger partial charge in [-0.1, -0.05) is 12.1 Å². The van der Waals surface area contributed by atoms with Gasteiger partial charge in [0, 0.05) is 11.7 Å². The second kappa shape index (κ2) is 6.06. The molecule has 1 aliphatic heterocycles. The maximum atomic E-state index is 12.2. The van der Waals surface area contributed by atoms with E-state index in [4.69, 9.17) is 5.73 Å². The third-order valence-corrected chi connectivity index (χ3v) is 3.89. The maximum absolute atomic E-state index is 12.2. The number of likely N-dealkylation sites (tertiary alicyclic amines) is 1. The van der Waals surface area contributed by atoms with Crippen LogP contribution in [0.25, 0.3) is 0 Å². The Morgan fingerprint density at radius 2 is 1.89 bits per heavy atom. The fourth-order valence-electron chi connectivity index (χ4n) is 2.42. The van der Waals surface area contributed by atoms with Gasteiger partial charge < -0.3 is 16.0 Å². The molecule has 1 aromatic carbocycles. The zero-order valence-corrected chi connectivity index (χ0v) is 11.7. The molecule has 19 heavy (non-hydrogen) atoms. The molecule has 1 unspecified atom stereocenters. The van der Waals surface area contributed by atoms with Crippen LogP contribution in [0.5, 0.6) is 0 Å². The molecule has 4 heteroatoms. The highest BCUT2D eigenvalue weighted by Gasteiger charge is 2.21. The van der Waals surface area contributed by atoms with Crippen LogP contribution in [0, 0.1) is 0 Å². The second-order valence-corrected chi connectivity index (χ2v) is 5.47. The molecule has 0 radical (unpaired) electrons. The fourth-order valence-corrected chi connectivity index (χ4v) is 2.42. The third kappa shape index (κ3) is 3.70. The number of nitrogens with one attached hydrogen (secondary N) is 1. The summed E-state index contributed by atoms with van der Waals surface area (Å²) < 4.78 is 0. The van der Waals surface area contributed by atoms with E-state index in [1.807, 2.05) is 31.2 Å². The molecule has 1 atom stereocenters. The first-order chi connectivity index (χ1) is 9.06. The molecule has 3 N–H and O–H groups in total. The number of nitrogens with two attached hydrogens (primary N) is 1. The van der Waals surface area contributed by atoms with E-state index in [1.54, 1.807) is 0 Å². The molecule has 1 amide bonds. The summed E-state index contributed by atoms with van der Waals surface area (Å²) in [6.45, 7) is 4.05. The predicted molar refractivity (Wildman–Crippen MR) is 77.9 cm³/mol. The number of amides is 1. The van der Waals surface area contributed by atoms with Gasteiger partial charge in [0.1, 0.15) is 0 Å². The van der Waals surface area contributed by atoms with Crippen LogP contribution in [-0.2, 0) is 4.79 Å². The number of hydrogen-bond acceptors (Lipinski definition) is 3. The van der Waals surface area contributed by atoms with Crippen LogP contribution in [0.15, 0.2) is 24.3 Å². The van der Waals surface area contributed by atoms with E-state index in [0.29, 0.717) is 6.04 Å². The van der Waals surface area contributed by atoms with Crippen molar-refractivity contribution in [1.82, 2.24) is 10.2 Å². The van der Waals surface area contributed by atoms with Gasteiger partial charge in [-0.15, -0.1) is 0 Å². The van der Waals surface area contributed by atoms with Gasteiger partial charge in [0.25, 0.3) is 0 Å². The van der Waals surface area contributed by atoms with E-state index in [-0.39, 0.29) is 11.8 Å². The van der Waals surface area contributed by atoms with Crippen LogP contribution >= 0.6 is 0 Å². The molecule has 0 bridgehead atoms. The molecule has 1 fully saturated rings. The Bertz CT molecular complexity index is 422. The molecular weight excluding hydrogens is 238 g/mol. The summed E-state index contributed by atoms with van der Waals surface area (Å²) in [6, 6.07) is 7.85. The lowest BCUT2D eigenvalue weighted by atomic mass is 9.98. The number of hydrogen-bond donors (Lipinski definition) is 2. The van der Waals surface area contributed by atoms with Gasteiger partial charge in [-0.3, -0.25) is 4.79 Å². The molecule has 104 valence electrons. The fraction of sp³-hybridized carbons (Fsp3) is 0.533. The molecule has 1 heterocycles. The molecule has 0 saturated carbocycles. The first kappa shape index (κ1) is 13.9. The minimum atomic E-state index is -0.125. The van der Waals surface area contributed by atoms with Crippen LogP contribution < -0.4 is 11.1 Å². The smallest absolute Gasteiger partial charge is 0.227 e. The van der Waals surface area contributed by atoms with Crippen molar-refractivity contribution in [2.75, 3.05) is 25.9 Å². The van der Waals surface area contributed by atoms with Crippen molar-refractivity contribution in [3.8, 4) is 0 Å². The van der Waals surface area contributed by atoms with Gasteiger partial charge in [-0.25, -0.2) is 0 Å². The van der Waals surface area contributed by atoms with E-state index in [9.17, 15) is 4.79 Å². The van der Waals surface area contributed by atoms with Crippen LogP contribution in [0.4, 0.5) is 5.69 Å². The quantitative estimate of drug-likeness (QED) is 0.812. The van der Waals surface area contributed by atoms with Gasteiger partial charge in [-0.05, 0) is 57.6 Å². The molecule has 1 aromatic rings. The maximum Gasteiger partial charge on any atom is 0.227 e. The summed E-state index contributed by atoms with van der Waals surface area (Å²) in [5.41, 5.74) is 7.40. The standard InChI is InChI=1S/C15H23N3O/c1-11(12-3-5-13(16)6-4-12)15(19)17-14-7-9-18(2)10-8-14/h3-6,11,14H,7-10,16H2,1-2H3,(H,17,19). The Morgan fingerprint density at radius 1 is 1.32 bits per heavy atom. The monoisotopic (exact) mass is 261 g/mol. The van der Waals surface area contributed by atoms with Gasteiger partial charge in [-0.2, -0.15) is 0 Å². The zero-order chi connectivity index (χ0) is 13.8. The van der Waals surface area contributed by atoms with Crippen molar-refractivity contribution < 1.29 is 4.79 Å². The molecule has 0 aliphatic carbocycles. The Balaban J connectivity index is 1.90. The van der Waals surface area contributed by atoms with E-state index in [0.717, 1.165) is 37.2 Å². The molecule has 1 aliphatic rings. The van der Waals surface area contributed by atoms with Gasteiger partial charge in [0.05, 0.1) is 5.92 Å². The number of nitrogens with zero attached hydrogens (tertiary/aromatic N) is 1. The number of anilines is 1. The highest BCUT2D eigenvalue weighted by atomic mass is 16.1. The van der Waals surface area contributed by atoms with E-state index in [1.165, 1.54) is 0 Å². The van der Waals surface area contributed by atoms with Crippen LogP contribution in [0.3, 0.4) is 0 Å². The highest BCUT2D eigenvalue weighted by Crippen LogP contribution is 2.18. The first-order valence-corrected chi connectivity index (χ1v) is 6.90. The SMILES string of the molecule is CC(C(=O)NC1CCN(C)CC1)c1ccc(N)cc1. The lowest BCUT2D eigenvalue weighted by Gasteiger charge is -2.30. The van der Waals surface area contributed by atoms with Crippen LogP contribution in [0.1, 0.15) is 31.2 Å². The van der Waals surface area contributed by atoms with Gasteiger partial charge in [0.15, 0.2) is 0 Å². The molecule has 1 saturated heterocycles. The van der Waals surface area contributed by atoms with Crippen molar-refractivity contribution in [3.63, 3.8) is 0 Å². The molecule has 4 nitrogen and oxygen atoms in total. The summed E-state index contributed by atoms with van der Waals surface area (Å²) in [5.74, 6) is -0.0143. The van der Waals surface area contributed by atoms with E-state index >= 15 is 0 Å². The number of nitrogen functional groups attached to an aromatic ring is 1. The minimum Gasteiger partial charge on any atom is -0.399 e. The van der Waals surface area contributed by atoms with Crippen molar-refractivity contribution in [2.45, 2.75) is 31.7 Å². The number of piperidine rings is 1. The zero-order valence-electron chi connectivity index (χ0n) is 11.7. The number of carbonyl (C=O) groups is 1. The third-order valence-electron chi connectivity index (χ3n) is 3.89. The molecule has 0 spiro atoms. The van der Waals surface area contributed by atoms with Crippen molar-refractivity contribution in [2.24, 2.45) is 0 Å². The summed E-state index contributed by atoms with van der Waals surface area (Å²) in [7, 11) is 2.12. The normalized spacial score (nSPS) is 19.1. The van der Waals surface area contributed by atoms with Crippen LogP contribution in [-0.4, -0.2) is 37.0 Å². The van der Waals surface area contributed by atoms with Crippen molar-refractivity contribution in [3.05, 3.63) is 29.8 Å². The lowest BCUT2D eigenvalue weighted by Crippen LogP contribution is -2.44. The van der Waals surface area contributed by atoms with Gasteiger partial charge >= 0.3 is 0 Å². The number of benzene rings is 1. The predicted octanol–water partition coefficient (Wildman–Crippen LogP) is 1.58. The average Bonchev–Trinajstić information content (AvgIpc) is 2.41. The topological polar surface area (TPSA) is 58.4 Å². The van der Waals surface area contributed by atoms with Crippen molar-refractivity contribution in [1.29, 1.82) is 0 Å². The summed E-state index contributed by atoms with van der Waals surface area (Å²) in [4.78, 5) is 14.5. The number of carbonyl (C=O) groups excluding carboxylic acids is 1. The average molecular weight is 261 g/mol. The number of rotatable bonds is 3. The van der Waals surface area contributed by atoms with Crippen molar-refractivity contribution >= 4 is 11.6 Å². The Kier molecular flexibility index (Phi) is 4.43.